The van der Waals surface area contributed by atoms with Gasteiger partial charge in [-0.25, -0.2) is 0 Å². The molecule has 0 amide bonds. The minimum Gasteiger partial charge on any atom is -0.305 e. The average Bonchev–Trinajstić information content (AvgIpc) is 3.31. The van der Waals surface area contributed by atoms with Gasteiger partial charge >= 0.3 is 0 Å². The molecule has 0 spiro atoms. The van der Waals surface area contributed by atoms with Gasteiger partial charge < -0.3 is 5.32 Å². The lowest BCUT2D eigenvalue weighted by molar-refractivity contribution is 0.0708. The van der Waals surface area contributed by atoms with Crippen molar-refractivity contribution in [1.29, 1.82) is 0 Å². The van der Waals surface area contributed by atoms with Crippen LogP contribution in [0.15, 0.2) is 30.3 Å². The van der Waals surface area contributed by atoms with Gasteiger partial charge in [-0.3, -0.25) is 9.29 Å². The lowest BCUT2D eigenvalue weighted by atomic mass is 9.87. The van der Waals surface area contributed by atoms with E-state index in [2.05, 4.69) is 47.5 Å². The minimum atomic E-state index is -0.205. The molecule has 0 radical (unpaired) electrons. The molecular formula is C17H25FN2. The van der Waals surface area contributed by atoms with E-state index < -0.39 is 0 Å². The summed E-state index contributed by atoms with van der Waals surface area (Å²) >= 11 is 0. The fourth-order valence-electron chi connectivity index (χ4n) is 3.49. The zero-order chi connectivity index (χ0) is 14.0. The molecule has 1 aliphatic heterocycles. The van der Waals surface area contributed by atoms with Gasteiger partial charge in [0.15, 0.2) is 0 Å². The van der Waals surface area contributed by atoms with E-state index in [0.29, 0.717) is 12.5 Å². The van der Waals surface area contributed by atoms with Gasteiger partial charge in [-0.1, -0.05) is 30.3 Å². The molecule has 3 rings (SSSR count). The van der Waals surface area contributed by atoms with E-state index in [-0.39, 0.29) is 12.2 Å². The third-order valence-electron chi connectivity index (χ3n) is 4.85. The molecule has 1 aromatic rings. The fraction of sp³-hybridized carbons (Fsp3) is 0.647. The van der Waals surface area contributed by atoms with Gasteiger partial charge in [-0.15, -0.1) is 0 Å². The largest absolute Gasteiger partial charge is 0.305 e. The van der Waals surface area contributed by atoms with Crippen molar-refractivity contribution in [3.63, 3.8) is 0 Å². The van der Waals surface area contributed by atoms with E-state index >= 15 is 0 Å². The van der Waals surface area contributed by atoms with Crippen molar-refractivity contribution in [2.45, 2.75) is 37.8 Å². The molecule has 20 heavy (non-hydrogen) atoms. The van der Waals surface area contributed by atoms with Crippen LogP contribution < -0.4 is 5.32 Å². The summed E-state index contributed by atoms with van der Waals surface area (Å²) in [6, 6.07) is 11.2. The summed E-state index contributed by atoms with van der Waals surface area (Å²) in [6.45, 7) is 4.97. The number of benzene rings is 1. The second-order valence-corrected chi connectivity index (χ2v) is 6.50. The zero-order valence-electron chi connectivity index (χ0n) is 12.3. The Balaban J connectivity index is 1.75. The Hall–Kier alpha value is -0.930. The Bertz CT molecular complexity index is 432. The van der Waals surface area contributed by atoms with E-state index in [9.17, 15) is 4.39 Å². The van der Waals surface area contributed by atoms with Gasteiger partial charge in [0.1, 0.15) is 0 Å². The first-order valence-electron chi connectivity index (χ1n) is 7.83. The normalized spacial score (nSPS) is 31.4. The molecular weight excluding hydrogens is 251 g/mol. The van der Waals surface area contributed by atoms with Crippen molar-refractivity contribution in [1.82, 2.24) is 10.2 Å². The molecule has 2 fully saturated rings. The number of alkyl halides is 1. The molecule has 110 valence electrons. The van der Waals surface area contributed by atoms with Crippen LogP contribution in [0.2, 0.25) is 0 Å². The molecule has 1 aromatic carbocycles. The monoisotopic (exact) mass is 276 g/mol. The maximum absolute atomic E-state index is 12.6. The molecule has 3 heteroatoms. The van der Waals surface area contributed by atoms with Crippen LogP contribution in [0, 0.1) is 5.92 Å². The number of piperazine rings is 1. The molecule has 1 saturated carbocycles. The quantitative estimate of drug-likeness (QED) is 0.889. The van der Waals surface area contributed by atoms with Gasteiger partial charge in [-0.2, -0.15) is 0 Å². The van der Waals surface area contributed by atoms with Gasteiger partial charge in [-0.05, 0) is 37.7 Å². The van der Waals surface area contributed by atoms with E-state index in [0.717, 1.165) is 25.6 Å². The summed E-state index contributed by atoms with van der Waals surface area (Å²) < 4.78 is 12.6. The number of hydrogen-bond donors (Lipinski definition) is 1. The van der Waals surface area contributed by atoms with Crippen LogP contribution in [-0.2, 0) is 5.54 Å². The Labute approximate surface area is 121 Å². The highest BCUT2D eigenvalue weighted by Gasteiger charge is 2.42. The topological polar surface area (TPSA) is 15.3 Å². The Morgan fingerprint density at radius 2 is 2.05 bits per heavy atom. The van der Waals surface area contributed by atoms with Crippen LogP contribution in [0.25, 0.3) is 0 Å². The third kappa shape index (κ3) is 2.89. The molecule has 2 atom stereocenters. The lowest BCUT2D eigenvalue weighted by Crippen LogP contribution is -2.61. The zero-order valence-corrected chi connectivity index (χ0v) is 12.3. The van der Waals surface area contributed by atoms with E-state index in [1.54, 1.807) is 0 Å². The Kier molecular flexibility index (Phi) is 4.08. The van der Waals surface area contributed by atoms with Crippen LogP contribution in [0.3, 0.4) is 0 Å². The number of nitrogens with zero attached hydrogens (tertiary/aromatic N) is 1. The number of hydrogen-bond acceptors (Lipinski definition) is 2. The van der Waals surface area contributed by atoms with Gasteiger partial charge in [0.2, 0.25) is 0 Å². The molecule has 1 heterocycles. The lowest BCUT2D eigenvalue weighted by Gasteiger charge is -2.47. The SMILES string of the molecule is CC1(c2ccccc2)CN(CCCF)C(C2CC2)CN1. The van der Waals surface area contributed by atoms with Crippen molar-refractivity contribution in [3.8, 4) is 0 Å². The molecule has 0 aromatic heterocycles. The summed E-state index contributed by atoms with van der Waals surface area (Å²) in [4.78, 5) is 2.53. The first kappa shape index (κ1) is 14.0. The second kappa shape index (κ2) is 5.82. The molecule has 2 aliphatic rings. The summed E-state index contributed by atoms with van der Waals surface area (Å²) in [7, 11) is 0. The summed E-state index contributed by atoms with van der Waals surface area (Å²) in [5.41, 5.74) is 1.32. The maximum Gasteiger partial charge on any atom is 0.0906 e. The molecule has 1 N–H and O–H groups in total. The second-order valence-electron chi connectivity index (χ2n) is 6.50. The van der Waals surface area contributed by atoms with E-state index in [1.807, 2.05) is 0 Å². The molecule has 1 aliphatic carbocycles. The average molecular weight is 276 g/mol. The van der Waals surface area contributed by atoms with Crippen molar-refractivity contribution in [2.75, 3.05) is 26.3 Å². The fourth-order valence-corrected chi connectivity index (χ4v) is 3.49. The molecule has 0 bridgehead atoms. The predicted octanol–water partition coefficient (Wildman–Crippen LogP) is 2.95. The highest BCUT2D eigenvalue weighted by atomic mass is 19.1. The molecule has 2 unspecified atom stereocenters. The third-order valence-corrected chi connectivity index (χ3v) is 4.85. The summed E-state index contributed by atoms with van der Waals surface area (Å²) in [5, 5.41) is 3.75. The predicted molar refractivity (Wildman–Crippen MR) is 80.5 cm³/mol. The van der Waals surface area contributed by atoms with Gasteiger partial charge in [0.05, 0.1) is 12.2 Å². The van der Waals surface area contributed by atoms with Crippen LogP contribution in [0.5, 0.6) is 0 Å². The van der Waals surface area contributed by atoms with Crippen LogP contribution >= 0.6 is 0 Å². The molecule has 1 saturated heterocycles. The highest BCUT2D eigenvalue weighted by molar-refractivity contribution is 5.25. The van der Waals surface area contributed by atoms with Crippen LogP contribution in [0.1, 0.15) is 31.7 Å². The van der Waals surface area contributed by atoms with E-state index in [1.165, 1.54) is 18.4 Å². The van der Waals surface area contributed by atoms with Crippen LogP contribution in [0.4, 0.5) is 4.39 Å². The highest BCUT2D eigenvalue weighted by Crippen LogP contribution is 2.38. The van der Waals surface area contributed by atoms with Gasteiger partial charge in [0, 0.05) is 25.7 Å². The van der Waals surface area contributed by atoms with Crippen molar-refractivity contribution < 1.29 is 4.39 Å². The Morgan fingerprint density at radius 3 is 2.70 bits per heavy atom. The molecule has 2 nitrogen and oxygen atoms in total. The summed E-state index contributed by atoms with van der Waals surface area (Å²) in [5.74, 6) is 0.836. The van der Waals surface area contributed by atoms with Crippen LogP contribution in [-0.4, -0.2) is 37.3 Å². The smallest absolute Gasteiger partial charge is 0.0906 e. The number of rotatable bonds is 5. The van der Waals surface area contributed by atoms with Crippen molar-refractivity contribution in [3.05, 3.63) is 35.9 Å². The Morgan fingerprint density at radius 1 is 1.30 bits per heavy atom. The standard InChI is InChI=1S/C17H25FN2/c1-17(15-6-3-2-4-7-15)13-20(11-5-10-18)16(12-19-17)14-8-9-14/h2-4,6-7,14,16,19H,5,8-13H2,1H3. The summed E-state index contributed by atoms with van der Waals surface area (Å²) in [6.07, 6.45) is 3.36. The number of nitrogens with one attached hydrogen (secondary N) is 1. The first-order valence-corrected chi connectivity index (χ1v) is 7.83. The van der Waals surface area contributed by atoms with Crippen molar-refractivity contribution >= 4 is 0 Å². The minimum absolute atomic E-state index is 0.0109. The first-order chi connectivity index (χ1) is 9.73. The van der Waals surface area contributed by atoms with Gasteiger partial charge in [0.25, 0.3) is 0 Å². The van der Waals surface area contributed by atoms with E-state index in [4.69, 9.17) is 0 Å². The maximum atomic E-state index is 12.6. The van der Waals surface area contributed by atoms with Crippen molar-refractivity contribution in [2.24, 2.45) is 5.92 Å². The number of halogens is 1.